The third-order valence-electron chi connectivity index (χ3n) is 4.56. The summed E-state index contributed by atoms with van der Waals surface area (Å²) < 4.78 is 11.4. The van der Waals surface area contributed by atoms with Crippen molar-refractivity contribution >= 4 is 11.6 Å². The lowest BCUT2D eigenvalue weighted by atomic mass is 9.88. The second kappa shape index (κ2) is 4.37. The van der Waals surface area contributed by atoms with Crippen LogP contribution in [0.15, 0.2) is 18.2 Å². The van der Waals surface area contributed by atoms with Gasteiger partial charge >= 0.3 is 0 Å². The zero-order chi connectivity index (χ0) is 14.6. The van der Waals surface area contributed by atoms with Crippen molar-refractivity contribution in [1.29, 1.82) is 0 Å². The Kier molecular flexibility index (Phi) is 2.70. The summed E-state index contributed by atoms with van der Waals surface area (Å²) in [5.74, 6) is 0.960. The Hall–Kier alpha value is -1.75. The van der Waals surface area contributed by atoms with Crippen molar-refractivity contribution in [2.75, 3.05) is 5.32 Å². The van der Waals surface area contributed by atoms with Gasteiger partial charge < -0.3 is 20.1 Å². The molecule has 3 unspecified atom stereocenters. The van der Waals surface area contributed by atoms with Crippen LogP contribution < -0.4 is 20.1 Å². The van der Waals surface area contributed by atoms with E-state index in [0.717, 1.165) is 24.3 Å². The van der Waals surface area contributed by atoms with Gasteiger partial charge in [0.1, 0.15) is 0 Å². The standard InChI is InChI=1S/C16H20N2O3/c1-16(2)20-13-6-4-10(8-14(13)21-16)18-15(19)11-7-9-3-5-12(11)17-9/h4,6,8-9,11-12,17H,3,5,7H2,1-2H3,(H,18,19). The lowest BCUT2D eigenvalue weighted by Crippen LogP contribution is -2.32. The number of fused-ring (bicyclic) bond motifs is 3. The van der Waals surface area contributed by atoms with E-state index in [4.69, 9.17) is 9.47 Å². The lowest BCUT2D eigenvalue weighted by Gasteiger charge is -2.19. The van der Waals surface area contributed by atoms with Crippen molar-refractivity contribution in [3.63, 3.8) is 0 Å². The number of benzene rings is 1. The van der Waals surface area contributed by atoms with Crippen LogP contribution in [0, 0.1) is 5.92 Å². The molecule has 4 rings (SSSR count). The number of amides is 1. The number of carbonyl (C=O) groups is 1. The monoisotopic (exact) mass is 288 g/mol. The van der Waals surface area contributed by atoms with Gasteiger partial charge in [0, 0.05) is 37.7 Å². The summed E-state index contributed by atoms with van der Waals surface area (Å²) in [4.78, 5) is 12.4. The highest BCUT2D eigenvalue weighted by atomic mass is 16.7. The molecular weight excluding hydrogens is 268 g/mol. The van der Waals surface area contributed by atoms with Gasteiger partial charge in [0.2, 0.25) is 11.7 Å². The van der Waals surface area contributed by atoms with Gasteiger partial charge in [0.25, 0.3) is 0 Å². The van der Waals surface area contributed by atoms with Crippen molar-refractivity contribution in [2.24, 2.45) is 5.92 Å². The van der Waals surface area contributed by atoms with Crippen LogP contribution in [0.4, 0.5) is 5.69 Å². The van der Waals surface area contributed by atoms with Crippen molar-refractivity contribution in [3.8, 4) is 11.5 Å². The van der Waals surface area contributed by atoms with E-state index < -0.39 is 5.79 Å². The first-order chi connectivity index (χ1) is 10.00. The first kappa shape index (κ1) is 13.0. The Balaban J connectivity index is 1.47. The zero-order valence-electron chi connectivity index (χ0n) is 12.3. The van der Waals surface area contributed by atoms with Crippen LogP contribution in [0.2, 0.25) is 0 Å². The Labute approximate surface area is 124 Å². The SMILES string of the molecule is CC1(C)Oc2ccc(NC(=O)C3CC4CCC3N4)cc2O1. The number of anilines is 1. The predicted molar refractivity (Wildman–Crippen MR) is 78.5 cm³/mol. The molecule has 21 heavy (non-hydrogen) atoms. The molecule has 2 saturated heterocycles. The Morgan fingerprint density at radius 3 is 2.81 bits per heavy atom. The van der Waals surface area contributed by atoms with Crippen LogP contribution in [-0.2, 0) is 4.79 Å². The maximum atomic E-state index is 12.4. The molecule has 3 heterocycles. The molecule has 1 amide bonds. The Morgan fingerprint density at radius 2 is 2.10 bits per heavy atom. The topological polar surface area (TPSA) is 59.6 Å². The third kappa shape index (κ3) is 2.25. The minimum atomic E-state index is -0.639. The molecule has 3 aliphatic heterocycles. The zero-order valence-corrected chi connectivity index (χ0v) is 12.3. The number of hydrogen-bond acceptors (Lipinski definition) is 4. The molecule has 112 valence electrons. The van der Waals surface area contributed by atoms with Gasteiger partial charge in [-0.2, -0.15) is 0 Å². The van der Waals surface area contributed by atoms with Crippen LogP contribution in [-0.4, -0.2) is 23.8 Å². The molecule has 0 aromatic heterocycles. The molecule has 3 atom stereocenters. The van der Waals surface area contributed by atoms with E-state index in [1.165, 1.54) is 6.42 Å². The smallest absolute Gasteiger partial charge is 0.246 e. The minimum Gasteiger partial charge on any atom is -0.449 e. The number of rotatable bonds is 2. The normalized spacial score (nSPS) is 31.4. The second-order valence-electron chi connectivity index (χ2n) is 6.64. The summed E-state index contributed by atoms with van der Waals surface area (Å²) in [5, 5.41) is 6.50. The van der Waals surface area contributed by atoms with Crippen LogP contribution in [0.3, 0.4) is 0 Å². The van der Waals surface area contributed by atoms with E-state index in [1.807, 2.05) is 32.0 Å². The van der Waals surface area contributed by atoms with Gasteiger partial charge in [-0.3, -0.25) is 4.79 Å². The van der Waals surface area contributed by atoms with Gasteiger partial charge in [-0.25, -0.2) is 0 Å². The molecule has 1 aromatic carbocycles. The maximum Gasteiger partial charge on any atom is 0.246 e. The molecule has 0 spiro atoms. The summed E-state index contributed by atoms with van der Waals surface area (Å²) in [5.41, 5.74) is 0.767. The first-order valence-electron chi connectivity index (χ1n) is 7.59. The van der Waals surface area contributed by atoms with Crippen LogP contribution >= 0.6 is 0 Å². The van der Waals surface area contributed by atoms with E-state index in [2.05, 4.69) is 10.6 Å². The summed E-state index contributed by atoms with van der Waals surface area (Å²) >= 11 is 0. The molecular formula is C16H20N2O3. The highest BCUT2D eigenvalue weighted by molar-refractivity contribution is 5.93. The fourth-order valence-electron chi connectivity index (χ4n) is 3.65. The van der Waals surface area contributed by atoms with E-state index in [-0.39, 0.29) is 11.8 Å². The Morgan fingerprint density at radius 1 is 1.29 bits per heavy atom. The van der Waals surface area contributed by atoms with Crippen LogP contribution in [0.5, 0.6) is 11.5 Å². The molecule has 3 aliphatic rings. The average Bonchev–Trinajstić information content (AvgIpc) is 3.09. The largest absolute Gasteiger partial charge is 0.449 e. The van der Waals surface area contributed by atoms with Crippen molar-refractivity contribution < 1.29 is 14.3 Å². The molecule has 1 aromatic rings. The van der Waals surface area contributed by atoms with Crippen LogP contribution in [0.25, 0.3) is 0 Å². The van der Waals surface area contributed by atoms with Gasteiger partial charge in [-0.1, -0.05) is 0 Å². The second-order valence-corrected chi connectivity index (χ2v) is 6.64. The highest BCUT2D eigenvalue weighted by Gasteiger charge is 2.42. The fraction of sp³-hybridized carbons (Fsp3) is 0.562. The van der Waals surface area contributed by atoms with Gasteiger partial charge in [-0.15, -0.1) is 0 Å². The number of ether oxygens (including phenoxy) is 2. The lowest BCUT2D eigenvalue weighted by molar-refractivity contribution is -0.120. The fourth-order valence-corrected chi connectivity index (χ4v) is 3.65. The summed E-state index contributed by atoms with van der Waals surface area (Å²) in [7, 11) is 0. The van der Waals surface area contributed by atoms with Gasteiger partial charge in [0.05, 0.1) is 5.92 Å². The van der Waals surface area contributed by atoms with E-state index in [1.54, 1.807) is 0 Å². The molecule has 5 heteroatoms. The number of hydrogen-bond donors (Lipinski definition) is 2. The van der Waals surface area contributed by atoms with Gasteiger partial charge in [-0.05, 0) is 31.4 Å². The van der Waals surface area contributed by atoms with E-state index in [9.17, 15) is 4.79 Å². The molecule has 2 N–H and O–H groups in total. The Bertz CT molecular complexity index is 599. The molecule has 5 nitrogen and oxygen atoms in total. The van der Waals surface area contributed by atoms with Gasteiger partial charge in [0.15, 0.2) is 11.5 Å². The minimum absolute atomic E-state index is 0.0885. The molecule has 2 fully saturated rings. The predicted octanol–water partition coefficient (Wildman–Crippen LogP) is 2.27. The molecule has 2 bridgehead atoms. The quantitative estimate of drug-likeness (QED) is 0.876. The summed E-state index contributed by atoms with van der Waals surface area (Å²) in [6.45, 7) is 3.73. The summed E-state index contributed by atoms with van der Waals surface area (Å²) in [6, 6.07) is 6.43. The van der Waals surface area contributed by atoms with Crippen molar-refractivity contribution in [3.05, 3.63) is 18.2 Å². The number of nitrogens with one attached hydrogen (secondary N) is 2. The highest BCUT2D eigenvalue weighted by Crippen LogP contribution is 2.41. The van der Waals surface area contributed by atoms with Crippen molar-refractivity contribution in [1.82, 2.24) is 5.32 Å². The molecule has 0 radical (unpaired) electrons. The maximum absolute atomic E-state index is 12.4. The van der Waals surface area contributed by atoms with Crippen LogP contribution in [0.1, 0.15) is 33.1 Å². The van der Waals surface area contributed by atoms with Crippen molar-refractivity contribution in [2.45, 2.75) is 51.0 Å². The number of carbonyl (C=O) groups excluding carboxylic acids is 1. The van der Waals surface area contributed by atoms with E-state index >= 15 is 0 Å². The third-order valence-corrected chi connectivity index (χ3v) is 4.56. The van der Waals surface area contributed by atoms with E-state index in [0.29, 0.717) is 17.8 Å². The summed E-state index contributed by atoms with van der Waals surface area (Å²) in [6.07, 6.45) is 3.26. The molecule has 0 aliphatic carbocycles. The average molecular weight is 288 g/mol. The first-order valence-corrected chi connectivity index (χ1v) is 7.59. The molecule has 0 saturated carbocycles.